The summed E-state index contributed by atoms with van der Waals surface area (Å²) in [6.07, 6.45) is 3.19. The number of methoxy groups -OCH3 is 1. The van der Waals surface area contributed by atoms with Crippen molar-refractivity contribution in [1.29, 1.82) is 0 Å². The number of carboxylic acids is 1. The number of para-hydroxylation sites is 1. The molecule has 0 saturated heterocycles. The lowest BCUT2D eigenvalue weighted by Crippen LogP contribution is -2.38. The zero-order chi connectivity index (χ0) is 24.9. The van der Waals surface area contributed by atoms with E-state index in [0.717, 1.165) is 27.6 Å². The third-order valence-corrected chi connectivity index (χ3v) is 5.26. The summed E-state index contributed by atoms with van der Waals surface area (Å²) >= 11 is 0. The Morgan fingerprint density at radius 3 is 2.38 bits per heavy atom. The van der Waals surface area contributed by atoms with E-state index in [9.17, 15) is 14.7 Å². The largest absolute Gasteiger partial charge is 0.478 e. The van der Waals surface area contributed by atoms with E-state index in [1.165, 1.54) is 19.9 Å². The van der Waals surface area contributed by atoms with Crippen LogP contribution in [0.4, 0.5) is 0 Å². The van der Waals surface area contributed by atoms with Gasteiger partial charge in [0.15, 0.2) is 11.4 Å². The summed E-state index contributed by atoms with van der Waals surface area (Å²) in [5.74, 6) is -0.512. The van der Waals surface area contributed by atoms with E-state index in [1.54, 1.807) is 19.3 Å². The summed E-state index contributed by atoms with van der Waals surface area (Å²) in [4.78, 5) is 29.0. The number of carboxylic acid groups (broad SMARTS) is 1. The average Bonchev–Trinajstić information content (AvgIpc) is 2.79. The summed E-state index contributed by atoms with van der Waals surface area (Å²) in [5.41, 5.74) is 2.09. The quantitative estimate of drug-likeness (QED) is 0.256. The number of pyridine rings is 1. The molecule has 0 aliphatic rings. The Balaban J connectivity index is 1.89. The molecule has 0 amide bonds. The van der Waals surface area contributed by atoms with Crippen LogP contribution in [0.1, 0.15) is 40.9 Å². The van der Waals surface area contributed by atoms with E-state index < -0.39 is 11.6 Å². The molecule has 1 aromatic heterocycles. The monoisotopic (exact) mass is 463 g/mol. The highest BCUT2D eigenvalue weighted by atomic mass is 16.5. The van der Waals surface area contributed by atoms with Gasteiger partial charge in [0.25, 0.3) is 0 Å². The van der Waals surface area contributed by atoms with Crippen molar-refractivity contribution in [2.75, 3.05) is 20.3 Å². The minimum atomic E-state index is -1.36. The Bertz CT molecular complexity index is 1220. The topological polar surface area (TPSA) is 95.0 Å². The van der Waals surface area contributed by atoms with Crippen molar-refractivity contribution in [1.82, 2.24) is 4.98 Å². The zero-order valence-electron chi connectivity index (χ0n) is 20.0. The standard InChI is InChI=1S/C27H29NO6/c1-17-14-19(15-18(2)24(17)34-27(3,4)26(30)31)10-11-23(29)21-16-20-8-6-7-9-22(20)28-25(21)33-13-12-32-5/h6-11,14-16H,12-13H2,1-5H3,(H,30,31)/b11-10+. The van der Waals surface area contributed by atoms with Crippen molar-refractivity contribution in [3.8, 4) is 11.6 Å². The molecular formula is C27H29NO6. The lowest BCUT2D eigenvalue weighted by Gasteiger charge is -2.24. The number of allylic oxidation sites excluding steroid dienone is 1. The number of carbonyl (C=O) groups is 2. The second kappa shape index (κ2) is 10.5. The van der Waals surface area contributed by atoms with Crippen LogP contribution in [0.3, 0.4) is 0 Å². The smallest absolute Gasteiger partial charge is 0.347 e. The van der Waals surface area contributed by atoms with Crippen LogP contribution in [0.5, 0.6) is 11.6 Å². The molecule has 2 aromatic carbocycles. The number of aromatic nitrogens is 1. The number of aliphatic carboxylic acids is 1. The van der Waals surface area contributed by atoms with E-state index in [0.29, 0.717) is 17.9 Å². The second-order valence-corrected chi connectivity index (χ2v) is 8.47. The summed E-state index contributed by atoms with van der Waals surface area (Å²) in [5, 5.41) is 10.2. The number of hydrogen-bond donors (Lipinski definition) is 1. The van der Waals surface area contributed by atoms with Crippen molar-refractivity contribution in [3.63, 3.8) is 0 Å². The minimum Gasteiger partial charge on any atom is -0.478 e. The number of hydrogen-bond acceptors (Lipinski definition) is 6. The molecule has 3 aromatic rings. The van der Waals surface area contributed by atoms with E-state index in [-0.39, 0.29) is 18.3 Å². The Labute approximate surface area is 199 Å². The number of fused-ring (bicyclic) bond motifs is 1. The van der Waals surface area contributed by atoms with Crippen LogP contribution < -0.4 is 9.47 Å². The normalized spacial score (nSPS) is 11.7. The fourth-order valence-electron chi connectivity index (χ4n) is 3.41. The number of aryl methyl sites for hydroxylation is 2. The maximum atomic E-state index is 13.1. The van der Waals surface area contributed by atoms with E-state index in [4.69, 9.17) is 14.2 Å². The molecule has 34 heavy (non-hydrogen) atoms. The molecule has 1 heterocycles. The maximum Gasteiger partial charge on any atom is 0.347 e. The molecular weight excluding hydrogens is 434 g/mol. The van der Waals surface area contributed by atoms with E-state index in [2.05, 4.69) is 4.98 Å². The highest BCUT2D eigenvalue weighted by molar-refractivity contribution is 6.10. The van der Waals surface area contributed by atoms with Crippen LogP contribution in [-0.2, 0) is 9.53 Å². The Morgan fingerprint density at radius 2 is 1.74 bits per heavy atom. The number of ketones is 1. The third-order valence-electron chi connectivity index (χ3n) is 5.26. The molecule has 0 aliphatic carbocycles. The summed E-state index contributed by atoms with van der Waals surface area (Å²) in [6, 6.07) is 13.0. The van der Waals surface area contributed by atoms with Gasteiger partial charge in [-0.15, -0.1) is 0 Å². The molecule has 178 valence electrons. The molecule has 7 nitrogen and oxygen atoms in total. The molecule has 0 unspecified atom stereocenters. The molecule has 0 radical (unpaired) electrons. The fraction of sp³-hybridized carbons (Fsp3) is 0.296. The summed E-state index contributed by atoms with van der Waals surface area (Å²) in [6.45, 7) is 7.35. The molecule has 3 rings (SSSR count). The first-order valence-electron chi connectivity index (χ1n) is 10.9. The first kappa shape index (κ1) is 24.9. The number of ether oxygens (including phenoxy) is 3. The van der Waals surface area contributed by atoms with Crippen molar-refractivity contribution >= 4 is 28.7 Å². The van der Waals surface area contributed by atoms with Crippen molar-refractivity contribution in [3.05, 3.63) is 70.8 Å². The van der Waals surface area contributed by atoms with Crippen LogP contribution >= 0.6 is 0 Å². The van der Waals surface area contributed by atoms with Gasteiger partial charge in [0.2, 0.25) is 5.88 Å². The van der Waals surface area contributed by atoms with Crippen molar-refractivity contribution in [2.45, 2.75) is 33.3 Å². The van der Waals surface area contributed by atoms with Gasteiger partial charge in [-0.25, -0.2) is 9.78 Å². The highest BCUT2D eigenvalue weighted by Crippen LogP contribution is 2.29. The first-order chi connectivity index (χ1) is 16.1. The molecule has 1 N–H and O–H groups in total. The number of carbonyl (C=O) groups excluding carboxylic acids is 1. The van der Waals surface area contributed by atoms with Gasteiger partial charge in [0.05, 0.1) is 17.7 Å². The van der Waals surface area contributed by atoms with Gasteiger partial charge in [-0.3, -0.25) is 4.79 Å². The zero-order valence-corrected chi connectivity index (χ0v) is 20.0. The minimum absolute atomic E-state index is 0.242. The molecule has 0 aliphatic heterocycles. The number of rotatable bonds is 10. The second-order valence-electron chi connectivity index (χ2n) is 8.47. The number of nitrogens with zero attached hydrogens (tertiary/aromatic N) is 1. The van der Waals surface area contributed by atoms with Gasteiger partial charge in [-0.2, -0.15) is 0 Å². The van der Waals surface area contributed by atoms with Gasteiger partial charge in [0.1, 0.15) is 12.4 Å². The van der Waals surface area contributed by atoms with Crippen LogP contribution in [0.2, 0.25) is 0 Å². The highest BCUT2D eigenvalue weighted by Gasteiger charge is 2.30. The summed E-state index contributed by atoms with van der Waals surface area (Å²) in [7, 11) is 1.58. The fourth-order valence-corrected chi connectivity index (χ4v) is 3.41. The van der Waals surface area contributed by atoms with Gasteiger partial charge in [-0.1, -0.05) is 24.3 Å². The summed E-state index contributed by atoms with van der Waals surface area (Å²) < 4.78 is 16.5. The van der Waals surface area contributed by atoms with Crippen LogP contribution in [0.25, 0.3) is 17.0 Å². The van der Waals surface area contributed by atoms with Gasteiger partial charge >= 0.3 is 5.97 Å². The van der Waals surface area contributed by atoms with E-state index in [1.807, 2.05) is 50.2 Å². The maximum absolute atomic E-state index is 13.1. The molecule has 0 saturated carbocycles. The SMILES string of the molecule is COCCOc1nc2ccccc2cc1C(=O)/C=C/c1cc(C)c(OC(C)(C)C(=O)O)c(C)c1. The Kier molecular flexibility index (Phi) is 7.68. The van der Waals surface area contributed by atoms with Crippen molar-refractivity contribution < 1.29 is 28.9 Å². The van der Waals surface area contributed by atoms with E-state index >= 15 is 0 Å². The average molecular weight is 464 g/mol. The Hall–Kier alpha value is -3.71. The van der Waals surface area contributed by atoms with Crippen LogP contribution in [0, 0.1) is 13.8 Å². The molecule has 0 atom stereocenters. The van der Waals surface area contributed by atoms with Gasteiger partial charge < -0.3 is 19.3 Å². The first-order valence-corrected chi connectivity index (χ1v) is 10.9. The predicted molar refractivity (Wildman–Crippen MR) is 131 cm³/mol. The molecule has 0 spiro atoms. The predicted octanol–water partition coefficient (Wildman–Crippen LogP) is 5.01. The molecule has 0 bridgehead atoms. The Morgan fingerprint density at radius 1 is 1.06 bits per heavy atom. The van der Waals surface area contributed by atoms with Gasteiger partial charge in [-0.05, 0) is 74.7 Å². The lowest BCUT2D eigenvalue weighted by atomic mass is 10.0. The lowest BCUT2D eigenvalue weighted by molar-refractivity contribution is -0.152. The third kappa shape index (κ3) is 5.80. The molecule has 0 fully saturated rings. The van der Waals surface area contributed by atoms with Crippen LogP contribution in [-0.4, -0.2) is 47.8 Å². The van der Waals surface area contributed by atoms with Gasteiger partial charge in [0, 0.05) is 12.5 Å². The van der Waals surface area contributed by atoms with Crippen LogP contribution in [0.15, 0.2) is 48.5 Å². The number of benzene rings is 2. The van der Waals surface area contributed by atoms with Crippen molar-refractivity contribution in [2.24, 2.45) is 0 Å². The molecule has 7 heteroatoms.